The van der Waals surface area contributed by atoms with E-state index in [4.69, 9.17) is 0 Å². The summed E-state index contributed by atoms with van der Waals surface area (Å²) in [4.78, 5) is 0. The van der Waals surface area contributed by atoms with Crippen LogP contribution in [-0.4, -0.2) is 13.5 Å². The van der Waals surface area contributed by atoms with E-state index in [9.17, 15) is 0 Å². The van der Waals surface area contributed by atoms with E-state index in [-0.39, 0.29) is 0 Å². The summed E-state index contributed by atoms with van der Waals surface area (Å²) in [6.07, 6.45) is 1.33. The molecule has 0 aliphatic heterocycles. The van der Waals surface area contributed by atoms with Crippen molar-refractivity contribution in [3.63, 3.8) is 0 Å². The van der Waals surface area contributed by atoms with E-state index in [0.29, 0.717) is 0 Å². The zero-order chi connectivity index (χ0) is 6.62. The van der Waals surface area contributed by atoms with Crippen LogP contribution in [0.25, 0.3) is 0 Å². The standard InChI is InChI=1S/C6H16SSi/c1-4-5-8(2,3)6-7/h7H,4-6H2,1-3H3. The number of thiol groups is 1. The van der Waals surface area contributed by atoms with Gasteiger partial charge in [-0.15, -0.1) is 0 Å². The second-order valence-electron chi connectivity index (χ2n) is 3.07. The van der Waals surface area contributed by atoms with Gasteiger partial charge in [-0.3, -0.25) is 0 Å². The molecular weight excluding hydrogens is 132 g/mol. The smallest absolute Gasteiger partial charge is 0.0575 e. The maximum atomic E-state index is 4.30. The molecule has 8 heavy (non-hydrogen) atoms. The lowest BCUT2D eigenvalue weighted by Gasteiger charge is -2.17. The van der Waals surface area contributed by atoms with Gasteiger partial charge in [-0.2, -0.15) is 12.6 Å². The first-order chi connectivity index (χ1) is 3.62. The minimum absolute atomic E-state index is 0.813. The molecule has 0 aromatic rings. The highest BCUT2D eigenvalue weighted by molar-refractivity contribution is 7.82. The van der Waals surface area contributed by atoms with Crippen molar-refractivity contribution in [2.24, 2.45) is 0 Å². The lowest BCUT2D eigenvalue weighted by molar-refractivity contribution is 1.05. The number of hydrogen-bond acceptors (Lipinski definition) is 1. The van der Waals surface area contributed by atoms with Crippen molar-refractivity contribution >= 4 is 20.7 Å². The monoisotopic (exact) mass is 148 g/mol. The van der Waals surface area contributed by atoms with Crippen LogP contribution in [0.5, 0.6) is 0 Å². The third-order valence-electron chi connectivity index (χ3n) is 1.35. The summed E-state index contributed by atoms with van der Waals surface area (Å²) < 4.78 is 0. The largest absolute Gasteiger partial charge is 0.182 e. The van der Waals surface area contributed by atoms with E-state index in [1.54, 1.807) is 0 Å². The molecule has 0 aliphatic carbocycles. The molecule has 0 saturated heterocycles. The summed E-state index contributed by atoms with van der Waals surface area (Å²) in [6.45, 7) is 7.03. The van der Waals surface area contributed by atoms with Crippen molar-refractivity contribution in [1.29, 1.82) is 0 Å². The summed E-state index contributed by atoms with van der Waals surface area (Å²) in [5, 5.41) is 1.14. The predicted octanol–water partition coefficient (Wildman–Crippen LogP) is 2.57. The van der Waals surface area contributed by atoms with Crippen molar-refractivity contribution in [1.82, 2.24) is 0 Å². The van der Waals surface area contributed by atoms with Gasteiger partial charge in [0.25, 0.3) is 0 Å². The van der Waals surface area contributed by atoms with Crippen LogP contribution in [0.3, 0.4) is 0 Å². The van der Waals surface area contributed by atoms with Gasteiger partial charge in [0.05, 0.1) is 8.07 Å². The Morgan fingerprint density at radius 2 is 1.88 bits per heavy atom. The Hall–Kier alpha value is 0.567. The fraction of sp³-hybridized carbons (Fsp3) is 1.00. The van der Waals surface area contributed by atoms with Crippen molar-refractivity contribution in [2.45, 2.75) is 32.5 Å². The van der Waals surface area contributed by atoms with Gasteiger partial charge < -0.3 is 0 Å². The van der Waals surface area contributed by atoms with Crippen molar-refractivity contribution in [3.8, 4) is 0 Å². The van der Waals surface area contributed by atoms with E-state index in [1.165, 1.54) is 12.5 Å². The summed E-state index contributed by atoms with van der Waals surface area (Å²) >= 11 is 4.30. The zero-order valence-corrected chi connectivity index (χ0v) is 7.96. The topological polar surface area (TPSA) is 0 Å². The van der Waals surface area contributed by atoms with Gasteiger partial charge in [-0.25, -0.2) is 0 Å². The van der Waals surface area contributed by atoms with Crippen LogP contribution in [0.1, 0.15) is 13.3 Å². The van der Waals surface area contributed by atoms with Gasteiger partial charge in [0.15, 0.2) is 0 Å². The van der Waals surface area contributed by atoms with E-state index in [2.05, 4.69) is 32.6 Å². The fourth-order valence-electron chi connectivity index (χ4n) is 0.756. The first-order valence-electron chi connectivity index (χ1n) is 3.23. The van der Waals surface area contributed by atoms with Gasteiger partial charge in [0, 0.05) is 0 Å². The van der Waals surface area contributed by atoms with E-state index in [1.807, 2.05) is 0 Å². The molecule has 0 atom stereocenters. The molecule has 2 heteroatoms. The fourth-order valence-corrected chi connectivity index (χ4v) is 2.74. The van der Waals surface area contributed by atoms with Crippen molar-refractivity contribution in [2.75, 3.05) is 5.38 Å². The lowest BCUT2D eigenvalue weighted by Crippen LogP contribution is -2.27. The normalized spacial score (nSPS) is 12.0. The second kappa shape index (κ2) is 3.57. The molecule has 50 valence electrons. The maximum Gasteiger partial charge on any atom is 0.0575 e. The van der Waals surface area contributed by atoms with E-state index < -0.39 is 8.07 Å². The lowest BCUT2D eigenvalue weighted by atomic mass is 10.6. The molecule has 0 rings (SSSR count). The average Bonchev–Trinajstić information content (AvgIpc) is 1.67. The molecule has 0 radical (unpaired) electrons. The highest BCUT2D eigenvalue weighted by atomic mass is 32.1. The molecule has 0 saturated carbocycles. The zero-order valence-electron chi connectivity index (χ0n) is 6.07. The quantitative estimate of drug-likeness (QED) is 0.461. The van der Waals surface area contributed by atoms with Gasteiger partial charge in [0.1, 0.15) is 0 Å². The molecule has 0 unspecified atom stereocenters. The SMILES string of the molecule is CCC[Si](C)(C)CS. The van der Waals surface area contributed by atoms with Crippen LogP contribution < -0.4 is 0 Å². The van der Waals surface area contributed by atoms with Gasteiger partial charge >= 0.3 is 0 Å². The van der Waals surface area contributed by atoms with Crippen LogP contribution in [0.2, 0.25) is 19.1 Å². The molecule has 0 nitrogen and oxygen atoms in total. The summed E-state index contributed by atoms with van der Waals surface area (Å²) in [6, 6.07) is 1.43. The molecule has 0 heterocycles. The van der Waals surface area contributed by atoms with Crippen LogP contribution in [-0.2, 0) is 0 Å². The maximum absolute atomic E-state index is 4.30. The minimum atomic E-state index is -0.813. The Morgan fingerprint density at radius 1 is 1.38 bits per heavy atom. The van der Waals surface area contributed by atoms with Crippen molar-refractivity contribution in [3.05, 3.63) is 0 Å². The first-order valence-corrected chi connectivity index (χ1v) is 7.28. The third-order valence-corrected chi connectivity index (χ3v) is 6.63. The van der Waals surface area contributed by atoms with Crippen molar-refractivity contribution < 1.29 is 0 Å². The Kier molecular flexibility index (Phi) is 3.82. The second-order valence-corrected chi connectivity index (χ2v) is 9.17. The van der Waals surface area contributed by atoms with Crippen LogP contribution >= 0.6 is 12.6 Å². The number of hydrogen-bond donors (Lipinski definition) is 1. The Labute approximate surface area is 59.1 Å². The summed E-state index contributed by atoms with van der Waals surface area (Å²) in [7, 11) is -0.813. The average molecular weight is 148 g/mol. The first kappa shape index (κ1) is 8.57. The highest BCUT2D eigenvalue weighted by Crippen LogP contribution is 2.12. The molecule has 0 aliphatic rings. The van der Waals surface area contributed by atoms with E-state index >= 15 is 0 Å². The van der Waals surface area contributed by atoms with Crippen LogP contribution in [0.15, 0.2) is 0 Å². The summed E-state index contributed by atoms with van der Waals surface area (Å²) in [5.74, 6) is 0. The molecule has 0 aromatic heterocycles. The predicted molar refractivity (Wildman–Crippen MR) is 46.4 cm³/mol. The molecule has 0 aromatic carbocycles. The number of rotatable bonds is 3. The molecule has 0 amide bonds. The molecule has 0 fully saturated rings. The molecule has 0 bridgehead atoms. The van der Waals surface area contributed by atoms with Crippen LogP contribution in [0, 0.1) is 0 Å². The third kappa shape index (κ3) is 3.55. The Bertz CT molecular complexity index is 61.5. The Balaban J connectivity index is 3.37. The van der Waals surface area contributed by atoms with Gasteiger partial charge in [-0.05, 0) is 5.38 Å². The highest BCUT2D eigenvalue weighted by Gasteiger charge is 2.15. The van der Waals surface area contributed by atoms with Crippen LogP contribution in [0.4, 0.5) is 0 Å². The molecular formula is C6H16SSi. The molecule has 0 spiro atoms. The summed E-state index contributed by atoms with van der Waals surface area (Å²) in [5.41, 5.74) is 0. The van der Waals surface area contributed by atoms with Gasteiger partial charge in [0.2, 0.25) is 0 Å². The molecule has 0 N–H and O–H groups in total. The minimum Gasteiger partial charge on any atom is -0.182 e. The van der Waals surface area contributed by atoms with E-state index in [0.717, 1.165) is 5.38 Å². The Morgan fingerprint density at radius 3 is 2.00 bits per heavy atom. The van der Waals surface area contributed by atoms with Gasteiger partial charge in [-0.1, -0.05) is 32.5 Å².